The molecule has 0 bridgehead atoms. The van der Waals surface area contributed by atoms with Gasteiger partial charge in [-0.3, -0.25) is 0 Å². The zero-order chi connectivity index (χ0) is 13.3. The van der Waals surface area contributed by atoms with Crippen molar-refractivity contribution in [2.45, 2.75) is 25.6 Å². The summed E-state index contributed by atoms with van der Waals surface area (Å²) in [6.07, 6.45) is -4.48. The van der Waals surface area contributed by atoms with E-state index in [0.717, 1.165) is 6.07 Å². The van der Waals surface area contributed by atoms with Crippen LogP contribution in [0.15, 0.2) is 18.2 Å². The lowest BCUT2D eigenvalue weighted by Gasteiger charge is -2.21. The van der Waals surface area contributed by atoms with Gasteiger partial charge in [-0.05, 0) is 26.0 Å². The molecule has 0 unspecified atom stereocenters. The summed E-state index contributed by atoms with van der Waals surface area (Å²) in [5.74, 6) is 0. The van der Waals surface area contributed by atoms with Crippen molar-refractivity contribution in [2.75, 3.05) is 11.9 Å². The van der Waals surface area contributed by atoms with Crippen molar-refractivity contribution >= 4 is 17.3 Å². The minimum atomic E-state index is -4.48. The smallest absolute Gasteiger partial charge is 0.389 e. The van der Waals surface area contributed by atoms with E-state index < -0.39 is 17.3 Å². The summed E-state index contributed by atoms with van der Waals surface area (Å²) in [5.41, 5.74) is -2.17. The number of rotatable bonds is 3. The second kappa shape index (κ2) is 4.74. The Hall–Kier alpha value is -0.940. The van der Waals surface area contributed by atoms with Crippen LogP contribution in [0.1, 0.15) is 19.4 Å². The molecule has 0 aliphatic rings. The summed E-state index contributed by atoms with van der Waals surface area (Å²) in [6, 6.07) is 3.54. The average molecular weight is 268 g/mol. The monoisotopic (exact) mass is 267 g/mol. The fourth-order valence-corrected chi connectivity index (χ4v) is 1.49. The lowest BCUT2D eigenvalue weighted by Crippen LogP contribution is -2.30. The van der Waals surface area contributed by atoms with Gasteiger partial charge in [0.05, 0.1) is 21.9 Å². The van der Waals surface area contributed by atoms with E-state index in [1.807, 2.05) is 0 Å². The molecule has 0 aliphatic carbocycles. The quantitative estimate of drug-likeness (QED) is 0.878. The van der Waals surface area contributed by atoms with E-state index in [0.29, 0.717) is 0 Å². The number of benzene rings is 1. The number of hydrogen-bond donors (Lipinski definition) is 2. The zero-order valence-electron chi connectivity index (χ0n) is 9.40. The molecule has 0 saturated heterocycles. The van der Waals surface area contributed by atoms with Gasteiger partial charge in [-0.25, -0.2) is 0 Å². The molecular weight excluding hydrogens is 255 g/mol. The molecule has 96 valence electrons. The number of nitrogens with one attached hydrogen (secondary N) is 1. The number of anilines is 1. The van der Waals surface area contributed by atoms with Gasteiger partial charge in [-0.1, -0.05) is 17.7 Å². The highest BCUT2D eigenvalue weighted by molar-refractivity contribution is 6.33. The van der Waals surface area contributed by atoms with Gasteiger partial charge in [-0.2, -0.15) is 13.2 Å². The van der Waals surface area contributed by atoms with Crippen molar-refractivity contribution in [2.24, 2.45) is 0 Å². The molecule has 0 radical (unpaired) electrons. The SMILES string of the molecule is CC(C)(O)CNc1c(Cl)cccc1C(F)(F)F. The molecule has 0 saturated carbocycles. The van der Waals surface area contributed by atoms with Crippen LogP contribution < -0.4 is 5.32 Å². The Morgan fingerprint density at radius 2 is 1.88 bits per heavy atom. The highest BCUT2D eigenvalue weighted by Crippen LogP contribution is 2.38. The van der Waals surface area contributed by atoms with E-state index in [1.54, 1.807) is 0 Å². The van der Waals surface area contributed by atoms with Crippen LogP contribution in [0.25, 0.3) is 0 Å². The van der Waals surface area contributed by atoms with E-state index in [1.165, 1.54) is 26.0 Å². The molecule has 17 heavy (non-hydrogen) atoms. The predicted molar refractivity (Wildman–Crippen MR) is 61.2 cm³/mol. The summed E-state index contributed by atoms with van der Waals surface area (Å²) >= 11 is 5.72. The Balaban J connectivity index is 3.05. The Morgan fingerprint density at radius 1 is 1.29 bits per heavy atom. The van der Waals surface area contributed by atoms with Crippen LogP contribution in [-0.2, 0) is 6.18 Å². The molecule has 0 fully saturated rings. The van der Waals surface area contributed by atoms with Gasteiger partial charge in [0.15, 0.2) is 0 Å². The fraction of sp³-hybridized carbons (Fsp3) is 0.455. The largest absolute Gasteiger partial charge is 0.418 e. The van der Waals surface area contributed by atoms with Gasteiger partial charge in [-0.15, -0.1) is 0 Å². The Kier molecular flexibility index (Phi) is 3.94. The third-order valence-corrected chi connectivity index (χ3v) is 2.33. The van der Waals surface area contributed by atoms with Crippen LogP contribution in [-0.4, -0.2) is 17.3 Å². The lowest BCUT2D eigenvalue weighted by molar-refractivity contribution is -0.137. The summed E-state index contributed by atoms with van der Waals surface area (Å²) in [5, 5.41) is 12.0. The number of aliphatic hydroxyl groups is 1. The molecule has 0 amide bonds. The minimum absolute atomic E-state index is 0.0240. The highest BCUT2D eigenvalue weighted by Gasteiger charge is 2.34. The second-order valence-corrected chi connectivity index (χ2v) is 4.73. The third-order valence-electron chi connectivity index (χ3n) is 2.02. The Bertz CT molecular complexity index is 399. The molecule has 0 spiro atoms. The highest BCUT2D eigenvalue weighted by atomic mass is 35.5. The van der Waals surface area contributed by atoms with Gasteiger partial charge in [0.2, 0.25) is 0 Å². The molecule has 6 heteroatoms. The molecule has 2 N–H and O–H groups in total. The molecule has 0 heterocycles. The number of alkyl halides is 3. The maximum absolute atomic E-state index is 12.7. The number of para-hydroxylation sites is 1. The Labute approximate surface area is 102 Å². The minimum Gasteiger partial charge on any atom is -0.389 e. The summed E-state index contributed by atoms with van der Waals surface area (Å²) in [6.45, 7) is 2.95. The van der Waals surface area contributed by atoms with Gasteiger partial charge in [0, 0.05) is 6.54 Å². The van der Waals surface area contributed by atoms with Crippen molar-refractivity contribution < 1.29 is 18.3 Å². The van der Waals surface area contributed by atoms with Crippen LogP contribution in [0.3, 0.4) is 0 Å². The first-order chi connectivity index (χ1) is 7.61. The van der Waals surface area contributed by atoms with E-state index in [9.17, 15) is 18.3 Å². The van der Waals surface area contributed by atoms with Crippen molar-refractivity contribution in [1.82, 2.24) is 0 Å². The molecule has 1 aromatic carbocycles. The van der Waals surface area contributed by atoms with Crippen molar-refractivity contribution in [3.8, 4) is 0 Å². The van der Waals surface area contributed by atoms with Crippen molar-refractivity contribution in [3.05, 3.63) is 28.8 Å². The lowest BCUT2D eigenvalue weighted by atomic mass is 10.1. The first-order valence-electron chi connectivity index (χ1n) is 4.93. The molecule has 0 aliphatic heterocycles. The van der Waals surface area contributed by atoms with Crippen molar-refractivity contribution in [1.29, 1.82) is 0 Å². The first kappa shape index (κ1) is 14.1. The second-order valence-electron chi connectivity index (χ2n) is 4.33. The van der Waals surface area contributed by atoms with E-state index in [4.69, 9.17) is 11.6 Å². The first-order valence-corrected chi connectivity index (χ1v) is 5.31. The zero-order valence-corrected chi connectivity index (χ0v) is 10.2. The number of hydrogen-bond acceptors (Lipinski definition) is 2. The topological polar surface area (TPSA) is 32.3 Å². The van der Waals surface area contributed by atoms with Crippen LogP contribution in [0.5, 0.6) is 0 Å². The summed E-state index contributed by atoms with van der Waals surface area (Å²) in [7, 11) is 0. The molecule has 0 atom stereocenters. The third kappa shape index (κ3) is 4.09. The van der Waals surface area contributed by atoms with Crippen LogP contribution in [0.4, 0.5) is 18.9 Å². The van der Waals surface area contributed by atoms with Crippen molar-refractivity contribution in [3.63, 3.8) is 0 Å². The Morgan fingerprint density at radius 3 is 2.35 bits per heavy atom. The summed E-state index contributed by atoms with van der Waals surface area (Å²) < 4.78 is 38.1. The maximum Gasteiger partial charge on any atom is 0.418 e. The normalized spacial score (nSPS) is 12.6. The van der Waals surface area contributed by atoms with E-state index >= 15 is 0 Å². The maximum atomic E-state index is 12.7. The van der Waals surface area contributed by atoms with E-state index in [2.05, 4.69) is 5.32 Å². The molecule has 0 aromatic heterocycles. The molecular formula is C11H13ClF3NO. The average Bonchev–Trinajstić information content (AvgIpc) is 2.12. The van der Waals surface area contributed by atoms with Gasteiger partial charge in [0.1, 0.15) is 0 Å². The summed E-state index contributed by atoms with van der Waals surface area (Å²) in [4.78, 5) is 0. The van der Waals surface area contributed by atoms with Crippen LogP contribution in [0.2, 0.25) is 5.02 Å². The molecule has 2 nitrogen and oxygen atoms in total. The van der Waals surface area contributed by atoms with Gasteiger partial charge >= 0.3 is 6.18 Å². The predicted octanol–water partition coefficient (Wildman–Crippen LogP) is 3.54. The van der Waals surface area contributed by atoms with Gasteiger partial charge in [0.25, 0.3) is 0 Å². The molecule has 1 aromatic rings. The van der Waals surface area contributed by atoms with Gasteiger partial charge < -0.3 is 10.4 Å². The van der Waals surface area contributed by atoms with E-state index in [-0.39, 0.29) is 17.3 Å². The number of halogens is 4. The molecule has 1 rings (SSSR count). The van der Waals surface area contributed by atoms with Crippen LogP contribution in [0, 0.1) is 0 Å². The van der Waals surface area contributed by atoms with Crippen LogP contribution >= 0.6 is 11.6 Å². The standard InChI is InChI=1S/C11H13ClF3NO/c1-10(2,17)6-16-9-7(11(13,14)15)4-3-5-8(9)12/h3-5,16-17H,6H2,1-2H3. The fourth-order valence-electron chi connectivity index (χ4n) is 1.24.